The molecule has 1 N–H and O–H groups in total. The van der Waals surface area contributed by atoms with Crippen molar-refractivity contribution in [2.45, 2.75) is 26.1 Å². The Morgan fingerprint density at radius 3 is 2.21 bits per heavy atom. The predicted octanol–water partition coefficient (Wildman–Crippen LogP) is 4.28. The summed E-state index contributed by atoms with van der Waals surface area (Å²) in [5.74, 6) is 1.62. The van der Waals surface area contributed by atoms with Gasteiger partial charge in [-0.2, -0.15) is 0 Å². The fourth-order valence-electron chi connectivity index (χ4n) is 2.78. The quantitative estimate of drug-likeness (QED) is 0.842. The van der Waals surface area contributed by atoms with E-state index >= 15 is 0 Å². The Balaban J connectivity index is 1.58. The van der Waals surface area contributed by atoms with E-state index in [1.807, 2.05) is 54.6 Å². The zero-order chi connectivity index (χ0) is 16.9. The Morgan fingerprint density at radius 2 is 1.58 bits per heavy atom. The standard InChI is InChI=1S/C19H22N2O2S/c1-14-12-21(13-15(2)22-14)19(24)20-16-8-10-18(11-9-16)23-17-6-4-3-5-7-17/h3-11,14-15H,12-13H2,1-2H3,(H,20,24)/t14-,15-/m1/s1. The molecule has 1 aliphatic heterocycles. The summed E-state index contributed by atoms with van der Waals surface area (Å²) in [7, 11) is 0. The average molecular weight is 342 g/mol. The fourth-order valence-corrected chi connectivity index (χ4v) is 3.04. The lowest BCUT2D eigenvalue weighted by molar-refractivity contribution is -0.0473. The number of nitrogens with zero attached hydrogens (tertiary/aromatic N) is 1. The van der Waals surface area contributed by atoms with E-state index in [-0.39, 0.29) is 12.2 Å². The normalized spacial score (nSPS) is 20.5. The first-order valence-electron chi connectivity index (χ1n) is 8.14. The summed E-state index contributed by atoms with van der Waals surface area (Å²) in [6.07, 6.45) is 0.380. The molecule has 0 amide bonds. The molecule has 2 aromatic rings. The summed E-state index contributed by atoms with van der Waals surface area (Å²) < 4.78 is 11.5. The molecule has 0 saturated carbocycles. The molecule has 2 aromatic carbocycles. The van der Waals surface area contributed by atoms with Crippen LogP contribution in [0, 0.1) is 0 Å². The van der Waals surface area contributed by atoms with Crippen LogP contribution >= 0.6 is 12.2 Å². The third-order valence-electron chi connectivity index (χ3n) is 3.79. The van der Waals surface area contributed by atoms with Crippen LogP contribution in [0.15, 0.2) is 54.6 Å². The van der Waals surface area contributed by atoms with Crippen LogP contribution in [0.2, 0.25) is 0 Å². The second kappa shape index (κ2) is 7.64. The Morgan fingerprint density at radius 1 is 1.00 bits per heavy atom. The average Bonchev–Trinajstić information content (AvgIpc) is 2.57. The van der Waals surface area contributed by atoms with E-state index in [1.165, 1.54) is 0 Å². The molecule has 1 aliphatic rings. The van der Waals surface area contributed by atoms with Gasteiger partial charge in [-0.25, -0.2) is 0 Å². The molecular weight excluding hydrogens is 320 g/mol. The second-order valence-corrected chi connectivity index (χ2v) is 6.42. The van der Waals surface area contributed by atoms with Crippen LogP contribution in [0.1, 0.15) is 13.8 Å². The molecule has 0 bridgehead atoms. The zero-order valence-electron chi connectivity index (χ0n) is 13.9. The maximum atomic E-state index is 5.80. The van der Waals surface area contributed by atoms with Crippen molar-refractivity contribution in [3.63, 3.8) is 0 Å². The van der Waals surface area contributed by atoms with E-state index < -0.39 is 0 Å². The summed E-state index contributed by atoms with van der Waals surface area (Å²) in [5, 5.41) is 4.02. The molecule has 4 nitrogen and oxygen atoms in total. The molecule has 0 aliphatic carbocycles. The van der Waals surface area contributed by atoms with Gasteiger partial charge in [0, 0.05) is 18.8 Å². The third kappa shape index (κ3) is 4.46. The van der Waals surface area contributed by atoms with Gasteiger partial charge in [-0.15, -0.1) is 0 Å². The first kappa shape index (κ1) is 16.7. The lowest BCUT2D eigenvalue weighted by Crippen LogP contribution is -2.49. The highest BCUT2D eigenvalue weighted by atomic mass is 32.1. The Labute approximate surface area is 148 Å². The first-order chi connectivity index (χ1) is 11.6. The molecule has 0 radical (unpaired) electrons. The van der Waals surface area contributed by atoms with Crippen molar-refractivity contribution < 1.29 is 9.47 Å². The van der Waals surface area contributed by atoms with E-state index in [1.54, 1.807) is 0 Å². The highest BCUT2D eigenvalue weighted by Gasteiger charge is 2.23. The molecule has 0 spiro atoms. The van der Waals surface area contributed by atoms with Crippen LogP contribution in [0.5, 0.6) is 11.5 Å². The van der Waals surface area contributed by atoms with Crippen molar-refractivity contribution in [3.8, 4) is 11.5 Å². The minimum absolute atomic E-state index is 0.190. The number of benzene rings is 2. The van der Waals surface area contributed by atoms with Gasteiger partial charge >= 0.3 is 0 Å². The van der Waals surface area contributed by atoms with Crippen LogP contribution < -0.4 is 10.1 Å². The lowest BCUT2D eigenvalue weighted by atomic mass is 10.2. The molecule has 2 atom stereocenters. The predicted molar refractivity (Wildman–Crippen MR) is 101 cm³/mol. The second-order valence-electron chi connectivity index (χ2n) is 6.03. The molecule has 5 heteroatoms. The Kier molecular flexibility index (Phi) is 5.33. The van der Waals surface area contributed by atoms with Gasteiger partial charge in [-0.3, -0.25) is 0 Å². The molecule has 0 aromatic heterocycles. The molecule has 126 valence electrons. The molecule has 1 saturated heterocycles. The van der Waals surface area contributed by atoms with Gasteiger partial charge in [0.15, 0.2) is 5.11 Å². The zero-order valence-corrected chi connectivity index (χ0v) is 14.8. The molecule has 24 heavy (non-hydrogen) atoms. The van der Waals surface area contributed by atoms with E-state index in [2.05, 4.69) is 24.1 Å². The van der Waals surface area contributed by atoms with Gasteiger partial charge in [0.25, 0.3) is 0 Å². The minimum Gasteiger partial charge on any atom is -0.457 e. The molecular formula is C19H22N2O2S. The summed E-state index contributed by atoms with van der Waals surface area (Å²) in [5.41, 5.74) is 0.951. The van der Waals surface area contributed by atoms with Crippen molar-refractivity contribution in [1.29, 1.82) is 0 Å². The number of rotatable bonds is 3. The van der Waals surface area contributed by atoms with Crippen molar-refractivity contribution >= 4 is 23.0 Å². The van der Waals surface area contributed by atoms with E-state index in [0.717, 1.165) is 35.4 Å². The number of hydrogen-bond acceptors (Lipinski definition) is 3. The highest BCUT2D eigenvalue weighted by Crippen LogP contribution is 2.23. The number of morpholine rings is 1. The maximum absolute atomic E-state index is 5.80. The smallest absolute Gasteiger partial charge is 0.173 e. The van der Waals surface area contributed by atoms with Crippen molar-refractivity contribution in [3.05, 3.63) is 54.6 Å². The van der Waals surface area contributed by atoms with E-state index in [9.17, 15) is 0 Å². The van der Waals surface area contributed by atoms with Gasteiger partial charge < -0.3 is 19.7 Å². The molecule has 1 heterocycles. The molecule has 1 fully saturated rings. The summed E-state index contributed by atoms with van der Waals surface area (Å²) in [4.78, 5) is 2.16. The largest absolute Gasteiger partial charge is 0.457 e. The van der Waals surface area contributed by atoms with Crippen LogP contribution in [0.4, 0.5) is 5.69 Å². The number of ether oxygens (including phenoxy) is 2. The van der Waals surface area contributed by atoms with Crippen molar-refractivity contribution in [1.82, 2.24) is 4.90 Å². The summed E-state index contributed by atoms with van der Waals surface area (Å²) >= 11 is 5.53. The maximum Gasteiger partial charge on any atom is 0.173 e. The number of hydrogen-bond donors (Lipinski definition) is 1. The van der Waals surface area contributed by atoms with Gasteiger partial charge in [-0.05, 0) is 62.5 Å². The molecule has 0 unspecified atom stereocenters. The van der Waals surface area contributed by atoms with Crippen LogP contribution in [0.3, 0.4) is 0 Å². The first-order valence-corrected chi connectivity index (χ1v) is 8.55. The number of thiocarbonyl (C=S) groups is 1. The highest BCUT2D eigenvalue weighted by molar-refractivity contribution is 7.80. The van der Waals surface area contributed by atoms with Crippen LogP contribution in [-0.2, 0) is 4.74 Å². The van der Waals surface area contributed by atoms with Crippen LogP contribution in [-0.4, -0.2) is 35.3 Å². The van der Waals surface area contributed by atoms with Crippen molar-refractivity contribution in [2.24, 2.45) is 0 Å². The topological polar surface area (TPSA) is 33.7 Å². The van der Waals surface area contributed by atoms with Gasteiger partial charge in [0.1, 0.15) is 11.5 Å². The van der Waals surface area contributed by atoms with E-state index in [4.69, 9.17) is 21.7 Å². The van der Waals surface area contributed by atoms with Gasteiger partial charge in [0.2, 0.25) is 0 Å². The SMILES string of the molecule is C[C@@H]1CN(C(=S)Nc2ccc(Oc3ccccc3)cc2)C[C@@H](C)O1. The minimum atomic E-state index is 0.190. The lowest BCUT2D eigenvalue weighted by Gasteiger charge is -2.36. The number of anilines is 1. The summed E-state index contributed by atoms with van der Waals surface area (Å²) in [6.45, 7) is 5.76. The number of para-hydroxylation sites is 1. The number of nitrogens with one attached hydrogen (secondary N) is 1. The third-order valence-corrected chi connectivity index (χ3v) is 4.15. The summed E-state index contributed by atoms with van der Waals surface area (Å²) in [6, 6.07) is 17.5. The van der Waals surface area contributed by atoms with Crippen molar-refractivity contribution in [2.75, 3.05) is 18.4 Å². The van der Waals surface area contributed by atoms with E-state index in [0.29, 0.717) is 0 Å². The van der Waals surface area contributed by atoms with Gasteiger partial charge in [0.05, 0.1) is 12.2 Å². The van der Waals surface area contributed by atoms with Gasteiger partial charge in [-0.1, -0.05) is 18.2 Å². The fraction of sp³-hybridized carbons (Fsp3) is 0.316. The Bertz CT molecular complexity index is 666. The van der Waals surface area contributed by atoms with Crippen LogP contribution in [0.25, 0.3) is 0 Å². The monoisotopic (exact) mass is 342 g/mol. The molecule has 3 rings (SSSR count). The Hall–Kier alpha value is -2.11.